The summed E-state index contributed by atoms with van der Waals surface area (Å²) in [5, 5.41) is 3.04. The first-order chi connectivity index (χ1) is 8.59. The van der Waals surface area contributed by atoms with Crippen LogP contribution in [0.1, 0.15) is 51.9 Å². The van der Waals surface area contributed by atoms with Gasteiger partial charge in [-0.25, -0.2) is 4.79 Å². The highest BCUT2D eigenvalue weighted by molar-refractivity contribution is 5.74. The molecule has 2 aliphatic rings. The topological polar surface area (TPSA) is 58.4 Å². The maximum absolute atomic E-state index is 12.0. The Morgan fingerprint density at radius 3 is 2.50 bits per heavy atom. The van der Waals surface area contributed by atoms with Gasteiger partial charge in [0.1, 0.15) is 0 Å². The number of piperidine rings is 1. The summed E-state index contributed by atoms with van der Waals surface area (Å²) in [6, 6.07) is 0.0808. The maximum atomic E-state index is 12.0. The van der Waals surface area contributed by atoms with Crippen molar-refractivity contribution < 1.29 is 4.79 Å². The second-order valence-electron chi connectivity index (χ2n) is 6.25. The van der Waals surface area contributed by atoms with E-state index in [0.717, 1.165) is 44.7 Å². The van der Waals surface area contributed by atoms with Gasteiger partial charge in [0, 0.05) is 25.2 Å². The first-order valence-corrected chi connectivity index (χ1v) is 7.41. The van der Waals surface area contributed by atoms with E-state index in [1.54, 1.807) is 0 Å². The maximum Gasteiger partial charge on any atom is 0.317 e. The Bertz CT molecular complexity index is 279. The first kappa shape index (κ1) is 13.7. The van der Waals surface area contributed by atoms with Gasteiger partial charge in [-0.1, -0.05) is 26.2 Å². The second-order valence-corrected chi connectivity index (χ2v) is 6.25. The van der Waals surface area contributed by atoms with Gasteiger partial charge in [-0.3, -0.25) is 0 Å². The van der Waals surface area contributed by atoms with E-state index in [9.17, 15) is 4.79 Å². The first-order valence-electron chi connectivity index (χ1n) is 7.41. The molecule has 0 spiro atoms. The quantitative estimate of drug-likeness (QED) is 0.791. The second kappa shape index (κ2) is 5.91. The van der Waals surface area contributed by atoms with E-state index in [1.807, 2.05) is 4.90 Å². The SMILES string of the molecule is CC1CCN(C(=O)NCC2(N)CCCCC2)CC1. The summed E-state index contributed by atoms with van der Waals surface area (Å²) >= 11 is 0. The lowest BCUT2D eigenvalue weighted by Gasteiger charge is -2.35. The number of likely N-dealkylation sites (tertiary alicyclic amines) is 1. The summed E-state index contributed by atoms with van der Waals surface area (Å²) < 4.78 is 0. The molecule has 1 aliphatic heterocycles. The van der Waals surface area contributed by atoms with Crippen molar-refractivity contribution in [3.8, 4) is 0 Å². The Balaban J connectivity index is 1.74. The van der Waals surface area contributed by atoms with E-state index in [2.05, 4.69) is 12.2 Å². The van der Waals surface area contributed by atoms with Crippen molar-refractivity contribution in [2.24, 2.45) is 11.7 Å². The van der Waals surface area contributed by atoms with Gasteiger partial charge < -0.3 is 16.0 Å². The largest absolute Gasteiger partial charge is 0.336 e. The summed E-state index contributed by atoms with van der Waals surface area (Å²) in [5.74, 6) is 0.758. The lowest BCUT2D eigenvalue weighted by molar-refractivity contribution is 0.169. The Kier molecular flexibility index (Phi) is 4.49. The van der Waals surface area contributed by atoms with Crippen LogP contribution in [0.4, 0.5) is 4.79 Å². The van der Waals surface area contributed by atoms with Crippen LogP contribution in [0.15, 0.2) is 0 Å². The van der Waals surface area contributed by atoms with Gasteiger partial charge in [0.15, 0.2) is 0 Å². The standard InChI is InChI=1S/C14H27N3O/c1-12-5-9-17(10-6-12)13(18)16-11-14(15)7-3-2-4-8-14/h12H,2-11,15H2,1H3,(H,16,18). The third-order valence-corrected chi connectivity index (χ3v) is 4.51. The van der Waals surface area contributed by atoms with Gasteiger partial charge >= 0.3 is 6.03 Å². The van der Waals surface area contributed by atoms with E-state index in [4.69, 9.17) is 5.73 Å². The summed E-state index contributed by atoms with van der Waals surface area (Å²) in [6.07, 6.45) is 8.04. The lowest BCUT2D eigenvalue weighted by atomic mass is 9.82. The van der Waals surface area contributed by atoms with Gasteiger partial charge in [0.25, 0.3) is 0 Å². The molecule has 1 aliphatic carbocycles. The predicted molar refractivity (Wildman–Crippen MR) is 73.4 cm³/mol. The Morgan fingerprint density at radius 2 is 1.89 bits per heavy atom. The van der Waals surface area contributed by atoms with Crippen molar-refractivity contribution in [3.05, 3.63) is 0 Å². The van der Waals surface area contributed by atoms with Crippen LogP contribution in [0, 0.1) is 5.92 Å². The molecule has 0 aromatic heterocycles. The fraction of sp³-hybridized carbons (Fsp3) is 0.929. The van der Waals surface area contributed by atoms with Crippen molar-refractivity contribution >= 4 is 6.03 Å². The molecule has 0 atom stereocenters. The molecule has 2 fully saturated rings. The molecule has 2 amide bonds. The van der Waals surface area contributed by atoms with E-state index in [1.165, 1.54) is 19.3 Å². The summed E-state index contributed by atoms with van der Waals surface area (Å²) in [5.41, 5.74) is 6.17. The molecule has 18 heavy (non-hydrogen) atoms. The molecule has 4 nitrogen and oxygen atoms in total. The normalized spacial score (nSPS) is 24.9. The molecule has 3 N–H and O–H groups in total. The summed E-state index contributed by atoms with van der Waals surface area (Å²) in [4.78, 5) is 14.0. The average Bonchev–Trinajstić information content (AvgIpc) is 2.38. The molecule has 1 heterocycles. The summed E-state index contributed by atoms with van der Waals surface area (Å²) in [6.45, 7) is 4.68. The van der Waals surface area contributed by atoms with Gasteiger partial charge in [0.2, 0.25) is 0 Å². The molecular formula is C14H27N3O. The molecule has 104 valence electrons. The molecule has 0 radical (unpaired) electrons. The Morgan fingerprint density at radius 1 is 1.28 bits per heavy atom. The van der Waals surface area contributed by atoms with Crippen LogP contribution in [-0.4, -0.2) is 36.1 Å². The number of urea groups is 1. The zero-order valence-corrected chi connectivity index (χ0v) is 11.6. The highest BCUT2D eigenvalue weighted by Gasteiger charge is 2.29. The number of hydrogen-bond acceptors (Lipinski definition) is 2. The third-order valence-electron chi connectivity index (χ3n) is 4.51. The highest BCUT2D eigenvalue weighted by Crippen LogP contribution is 2.25. The fourth-order valence-electron chi connectivity index (χ4n) is 3.01. The Labute approximate surface area is 110 Å². The van der Waals surface area contributed by atoms with Gasteiger partial charge in [-0.15, -0.1) is 0 Å². The van der Waals surface area contributed by atoms with Crippen molar-refractivity contribution in [3.63, 3.8) is 0 Å². The zero-order valence-electron chi connectivity index (χ0n) is 11.6. The summed E-state index contributed by atoms with van der Waals surface area (Å²) in [7, 11) is 0. The van der Waals surface area contributed by atoms with Crippen molar-refractivity contribution in [2.75, 3.05) is 19.6 Å². The van der Waals surface area contributed by atoms with Crippen LogP contribution >= 0.6 is 0 Å². The average molecular weight is 253 g/mol. The number of amides is 2. The minimum Gasteiger partial charge on any atom is -0.336 e. The monoisotopic (exact) mass is 253 g/mol. The molecule has 1 saturated heterocycles. The minimum absolute atomic E-state index is 0.0808. The fourth-order valence-corrected chi connectivity index (χ4v) is 3.01. The van der Waals surface area contributed by atoms with E-state index in [-0.39, 0.29) is 11.6 Å². The molecule has 0 aromatic carbocycles. The molecule has 1 saturated carbocycles. The molecule has 4 heteroatoms. The molecule has 0 bridgehead atoms. The van der Waals surface area contributed by atoms with Crippen LogP contribution in [0.25, 0.3) is 0 Å². The van der Waals surface area contributed by atoms with E-state index in [0.29, 0.717) is 6.54 Å². The number of rotatable bonds is 2. The van der Waals surface area contributed by atoms with Crippen LogP contribution in [0.2, 0.25) is 0 Å². The number of nitrogens with zero attached hydrogens (tertiary/aromatic N) is 1. The Hall–Kier alpha value is -0.770. The van der Waals surface area contributed by atoms with Crippen LogP contribution < -0.4 is 11.1 Å². The van der Waals surface area contributed by atoms with Crippen molar-refractivity contribution in [1.29, 1.82) is 0 Å². The predicted octanol–water partition coefficient (Wildman–Crippen LogP) is 2.09. The number of hydrogen-bond donors (Lipinski definition) is 2. The zero-order chi connectivity index (χ0) is 13.0. The number of nitrogens with one attached hydrogen (secondary N) is 1. The van der Waals surface area contributed by atoms with Crippen LogP contribution in [0.5, 0.6) is 0 Å². The third kappa shape index (κ3) is 3.61. The van der Waals surface area contributed by atoms with Crippen LogP contribution in [-0.2, 0) is 0 Å². The van der Waals surface area contributed by atoms with E-state index < -0.39 is 0 Å². The molecular weight excluding hydrogens is 226 g/mol. The molecule has 0 aromatic rings. The van der Waals surface area contributed by atoms with Crippen molar-refractivity contribution in [1.82, 2.24) is 10.2 Å². The van der Waals surface area contributed by atoms with Gasteiger partial charge in [0.05, 0.1) is 0 Å². The van der Waals surface area contributed by atoms with Gasteiger partial charge in [-0.2, -0.15) is 0 Å². The van der Waals surface area contributed by atoms with Gasteiger partial charge in [-0.05, 0) is 31.6 Å². The lowest BCUT2D eigenvalue weighted by Crippen LogP contribution is -2.54. The smallest absolute Gasteiger partial charge is 0.317 e. The number of nitrogens with two attached hydrogens (primary N) is 1. The number of carbonyl (C=O) groups is 1. The molecule has 2 rings (SSSR count). The number of carbonyl (C=O) groups excluding carboxylic acids is 1. The van der Waals surface area contributed by atoms with Crippen molar-refractivity contribution in [2.45, 2.75) is 57.4 Å². The van der Waals surface area contributed by atoms with Crippen LogP contribution in [0.3, 0.4) is 0 Å². The van der Waals surface area contributed by atoms with E-state index >= 15 is 0 Å². The minimum atomic E-state index is -0.156. The molecule has 0 unspecified atom stereocenters. The highest BCUT2D eigenvalue weighted by atomic mass is 16.2.